The van der Waals surface area contributed by atoms with E-state index in [1.807, 2.05) is 19.1 Å². The normalized spacial score (nSPS) is 15.7. The quantitative estimate of drug-likeness (QED) is 0.129. The maximum atomic E-state index is 8.02. The summed E-state index contributed by atoms with van der Waals surface area (Å²) in [5.74, 6) is 2.46. The highest BCUT2D eigenvalue weighted by Gasteiger charge is 2.48. The second-order valence-electron chi connectivity index (χ2n) is 24.5. The minimum Gasteiger partial charge on any atom is -0.328 e. The molecule has 0 spiro atoms. The van der Waals surface area contributed by atoms with Crippen molar-refractivity contribution in [2.45, 2.75) is 134 Å². The van der Waals surface area contributed by atoms with Crippen molar-refractivity contribution in [2.75, 3.05) is 0 Å². The first-order valence-corrected chi connectivity index (χ1v) is 30.6. The zero-order chi connectivity index (χ0) is 59.7. The lowest BCUT2D eigenvalue weighted by molar-refractivity contribution is 0.434. The molecule has 0 radical (unpaired) electrons. The third-order valence-electron chi connectivity index (χ3n) is 18.0. The predicted molar refractivity (Wildman–Crippen MR) is 342 cm³/mol. The van der Waals surface area contributed by atoms with Crippen molar-refractivity contribution in [3.05, 3.63) is 318 Å². The Hall–Kier alpha value is -9.16. The zero-order valence-electron chi connectivity index (χ0n) is 50.2. The van der Waals surface area contributed by atoms with Crippen LogP contribution in [0.1, 0.15) is 161 Å². The van der Waals surface area contributed by atoms with E-state index in [0.717, 1.165) is 76.5 Å². The lowest BCUT2D eigenvalue weighted by Crippen LogP contribution is -2.38. The summed E-state index contributed by atoms with van der Waals surface area (Å²) in [6, 6.07) is 68.3. The monoisotopic (exact) mass is 1130 g/mol. The number of aryl methyl sites for hydroxylation is 8. The summed E-state index contributed by atoms with van der Waals surface area (Å²) in [4.78, 5) is 8.05. The maximum Gasteiger partial charge on any atom is 0.283 e. The first-order valence-electron chi connectivity index (χ1n) is 30.6. The molecule has 4 aliphatic rings. The standard InChI is InChI=1S/C20H22N4.C20H21N.C19H21N5.C16H13N/c1-14(2)13-20(19-21-23-24-22-19)17-9-5-3-7-15(17)11-12-16-8-4-6-10-18(16)20;1-15(2)14-20(21-3)18-10-6-4-8-16(18)12-13-17-9-5-7-11-19(17)20;1-13(20)12-19(18-21-23-24-22-18)16-8-4-2-6-14(16)10-11-15-7-3-5-9-17(15)19;1-17-16-14-8-4-2-6-12(14)10-11-13-7-3-5-9-15(13)16/h3-10,14H,11-13H2,1-2H3,(H,21,22,23,24);4-11,15H,12-14H2,1-2H3;2-9,13H,10-12,20H2,1H3,(H,21,22,23,24);2-9,16H,10-11H2/t;;13-;/m..0./s1. The van der Waals surface area contributed by atoms with Crippen LogP contribution >= 0.6 is 0 Å². The number of tetrazole rings is 2. The van der Waals surface area contributed by atoms with E-state index in [2.05, 4.69) is 261 Å². The number of aromatic nitrogens is 8. The molecule has 1 atom stereocenters. The lowest BCUT2D eigenvalue weighted by atomic mass is 9.67. The molecule has 2 heterocycles. The molecular formula is C75H77N11. The summed E-state index contributed by atoms with van der Waals surface area (Å²) in [5.41, 5.74) is 25.7. The van der Waals surface area contributed by atoms with Gasteiger partial charge in [-0.3, -0.25) is 4.85 Å². The molecule has 0 amide bonds. The first-order chi connectivity index (χ1) is 42.0. The van der Waals surface area contributed by atoms with Crippen LogP contribution in [-0.2, 0) is 67.7 Å². The molecule has 4 aliphatic carbocycles. The van der Waals surface area contributed by atoms with Gasteiger partial charge in [0.25, 0.3) is 11.6 Å². The number of nitrogens with one attached hydrogen (secondary N) is 2. The Labute approximate surface area is 507 Å². The first kappa shape index (κ1) is 58.6. The molecule has 432 valence electrons. The molecule has 0 unspecified atom stereocenters. The highest BCUT2D eigenvalue weighted by atomic mass is 15.5. The van der Waals surface area contributed by atoms with Gasteiger partial charge in [-0.15, -0.1) is 20.4 Å². The van der Waals surface area contributed by atoms with Crippen LogP contribution in [0.4, 0.5) is 0 Å². The maximum absolute atomic E-state index is 8.02. The Morgan fingerprint density at radius 1 is 0.407 bits per heavy atom. The average Bonchev–Trinajstić information content (AvgIpc) is 2.37. The number of nitrogens with zero attached hydrogens (tertiary/aromatic N) is 8. The Morgan fingerprint density at radius 2 is 0.698 bits per heavy atom. The fraction of sp³-hybridized carbons (Fsp3) is 0.307. The van der Waals surface area contributed by atoms with Gasteiger partial charge in [0.2, 0.25) is 0 Å². The van der Waals surface area contributed by atoms with Crippen LogP contribution in [0.5, 0.6) is 0 Å². The molecular weight excluding hydrogens is 1050 g/mol. The van der Waals surface area contributed by atoms with Gasteiger partial charge in [0.1, 0.15) is 0 Å². The van der Waals surface area contributed by atoms with Gasteiger partial charge < -0.3 is 10.6 Å². The molecule has 11 nitrogen and oxygen atoms in total. The number of H-pyrrole nitrogens is 2. The predicted octanol–water partition coefficient (Wildman–Crippen LogP) is 14.8. The summed E-state index contributed by atoms with van der Waals surface area (Å²) in [6.07, 6.45) is 10.8. The number of aromatic amines is 2. The Kier molecular flexibility index (Phi) is 17.7. The van der Waals surface area contributed by atoms with Crippen LogP contribution < -0.4 is 5.73 Å². The van der Waals surface area contributed by atoms with Gasteiger partial charge in [-0.2, -0.15) is 10.4 Å². The number of rotatable bonds is 8. The average molecular weight is 1130 g/mol. The summed E-state index contributed by atoms with van der Waals surface area (Å²) in [5, 5.41) is 30.8. The van der Waals surface area contributed by atoms with E-state index < -0.39 is 11.0 Å². The summed E-state index contributed by atoms with van der Waals surface area (Å²) < 4.78 is 0. The van der Waals surface area contributed by atoms with E-state index in [1.165, 1.54) is 89.0 Å². The van der Waals surface area contributed by atoms with E-state index in [1.54, 1.807) is 0 Å². The molecule has 86 heavy (non-hydrogen) atoms. The van der Waals surface area contributed by atoms with Crippen molar-refractivity contribution >= 4 is 0 Å². The largest absolute Gasteiger partial charge is 0.328 e. The topological polar surface area (TPSA) is 144 Å². The van der Waals surface area contributed by atoms with E-state index in [-0.39, 0.29) is 17.5 Å². The highest BCUT2D eigenvalue weighted by Crippen LogP contribution is 2.49. The fourth-order valence-electron chi connectivity index (χ4n) is 14.6. The fourth-order valence-corrected chi connectivity index (χ4v) is 14.6. The van der Waals surface area contributed by atoms with Crippen molar-refractivity contribution in [2.24, 2.45) is 17.6 Å². The van der Waals surface area contributed by atoms with Gasteiger partial charge in [-0.1, -0.05) is 232 Å². The molecule has 2 aromatic heterocycles. The van der Waals surface area contributed by atoms with Gasteiger partial charge >= 0.3 is 0 Å². The SMILES string of the molecule is CC(C)CC1(c2nn[nH]n2)c2ccccc2CCc2ccccc21.C[C@H](N)CC1(c2nn[nH]n2)c2ccccc2CCc2ccccc21.[C-]#[N+]C1(CC(C)C)c2ccccc2CCc2ccccc21.[C-]#[N+]C1c2ccccc2CCc2ccccc21. The third-order valence-corrected chi connectivity index (χ3v) is 18.0. The molecule has 0 fully saturated rings. The third kappa shape index (κ3) is 11.4. The van der Waals surface area contributed by atoms with Crippen LogP contribution in [0.2, 0.25) is 0 Å². The molecule has 0 aliphatic heterocycles. The lowest BCUT2D eigenvalue weighted by Gasteiger charge is -2.35. The van der Waals surface area contributed by atoms with Gasteiger partial charge in [0.05, 0.1) is 10.8 Å². The Morgan fingerprint density at radius 3 is 1.00 bits per heavy atom. The number of hydrogen-bond donors (Lipinski definition) is 3. The number of benzene rings is 8. The Bertz CT molecular complexity index is 3660. The number of fused-ring (bicyclic) bond motifs is 8. The molecule has 8 aromatic carbocycles. The van der Waals surface area contributed by atoms with Crippen molar-refractivity contribution in [3.8, 4) is 0 Å². The van der Waals surface area contributed by atoms with Crippen molar-refractivity contribution in [1.82, 2.24) is 41.2 Å². The van der Waals surface area contributed by atoms with Crippen molar-refractivity contribution < 1.29 is 0 Å². The van der Waals surface area contributed by atoms with Crippen LogP contribution in [0.3, 0.4) is 0 Å². The molecule has 0 saturated heterocycles. The summed E-state index contributed by atoms with van der Waals surface area (Å²) in [6.45, 7) is 26.5. The van der Waals surface area contributed by atoms with E-state index in [9.17, 15) is 0 Å². The molecule has 0 bridgehead atoms. The molecule has 14 rings (SSSR count). The second-order valence-corrected chi connectivity index (χ2v) is 24.5. The zero-order valence-corrected chi connectivity index (χ0v) is 50.2. The molecule has 10 aromatic rings. The minimum atomic E-state index is -0.516. The van der Waals surface area contributed by atoms with Crippen molar-refractivity contribution in [1.29, 1.82) is 0 Å². The molecule has 4 N–H and O–H groups in total. The Balaban J connectivity index is 0.000000120. The highest BCUT2D eigenvalue weighted by molar-refractivity contribution is 5.57. The summed E-state index contributed by atoms with van der Waals surface area (Å²) >= 11 is 0. The van der Waals surface area contributed by atoms with E-state index in [4.69, 9.17) is 18.9 Å². The van der Waals surface area contributed by atoms with Crippen LogP contribution in [-0.4, -0.2) is 47.3 Å². The van der Waals surface area contributed by atoms with Gasteiger partial charge in [0, 0.05) is 34.7 Å². The van der Waals surface area contributed by atoms with Gasteiger partial charge in [0.15, 0.2) is 11.6 Å². The van der Waals surface area contributed by atoms with Gasteiger partial charge in [-0.05, 0) is 150 Å². The van der Waals surface area contributed by atoms with Gasteiger partial charge in [-0.25, -0.2) is 13.1 Å². The molecule has 0 saturated carbocycles. The van der Waals surface area contributed by atoms with E-state index in [0.29, 0.717) is 17.7 Å². The smallest absolute Gasteiger partial charge is 0.283 e. The van der Waals surface area contributed by atoms with Crippen molar-refractivity contribution in [3.63, 3.8) is 0 Å². The minimum absolute atomic E-state index is 0.00251. The molecule has 11 heteroatoms. The number of nitrogens with two attached hydrogens (primary N) is 1. The number of hydrogen-bond acceptors (Lipinski definition) is 7. The second kappa shape index (κ2) is 26.0. The summed E-state index contributed by atoms with van der Waals surface area (Å²) in [7, 11) is 0. The van der Waals surface area contributed by atoms with Crippen LogP contribution in [0.25, 0.3) is 9.69 Å². The van der Waals surface area contributed by atoms with Crippen LogP contribution in [0, 0.1) is 25.0 Å². The van der Waals surface area contributed by atoms with Crippen LogP contribution in [0.15, 0.2) is 194 Å². The van der Waals surface area contributed by atoms with E-state index >= 15 is 0 Å².